The summed E-state index contributed by atoms with van der Waals surface area (Å²) in [5.74, 6) is 1.17. The Kier molecular flexibility index (Phi) is 2.24. The number of thiazole rings is 1. The van der Waals surface area contributed by atoms with E-state index in [1.54, 1.807) is 11.3 Å². The van der Waals surface area contributed by atoms with E-state index in [9.17, 15) is 4.79 Å². The molecular weight excluding hydrogens is 208 g/mol. The molecule has 0 bridgehead atoms. The average molecular weight is 222 g/mol. The van der Waals surface area contributed by atoms with Gasteiger partial charge in [0.15, 0.2) is 0 Å². The van der Waals surface area contributed by atoms with Crippen LogP contribution >= 0.6 is 11.3 Å². The van der Waals surface area contributed by atoms with Crippen LogP contribution in [0.15, 0.2) is 11.6 Å². The zero-order valence-corrected chi connectivity index (χ0v) is 9.30. The Morgan fingerprint density at radius 2 is 2.27 bits per heavy atom. The molecule has 2 aliphatic rings. The lowest BCUT2D eigenvalue weighted by molar-refractivity contribution is -0.123. The second-order valence-electron chi connectivity index (χ2n) is 4.47. The Morgan fingerprint density at radius 1 is 1.47 bits per heavy atom. The maximum atomic E-state index is 11.7. The van der Waals surface area contributed by atoms with Crippen molar-refractivity contribution in [3.8, 4) is 0 Å². The average Bonchev–Trinajstić information content (AvgIpc) is 3.12. The molecule has 0 spiro atoms. The number of nitrogens with zero attached hydrogens (tertiary/aromatic N) is 1. The predicted molar refractivity (Wildman–Crippen MR) is 58.4 cm³/mol. The van der Waals surface area contributed by atoms with E-state index in [1.807, 2.05) is 11.6 Å². The summed E-state index contributed by atoms with van der Waals surface area (Å²) < 4.78 is 0. The van der Waals surface area contributed by atoms with Crippen molar-refractivity contribution in [2.75, 3.05) is 0 Å². The third-order valence-electron chi connectivity index (χ3n) is 3.06. The molecule has 3 nitrogen and oxygen atoms in total. The lowest BCUT2D eigenvalue weighted by Crippen LogP contribution is -2.30. The van der Waals surface area contributed by atoms with Crippen molar-refractivity contribution in [2.24, 2.45) is 11.8 Å². The lowest BCUT2D eigenvalue weighted by atomic mass is 10.2. The highest BCUT2D eigenvalue weighted by Crippen LogP contribution is 2.42. The predicted octanol–water partition coefficient (Wildman–Crippen LogP) is 2.12. The molecule has 0 radical (unpaired) electrons. The molecule has 2 fully saturated rings. The fourth-order valence-electron chi connectivity index (χ4n) is 1.82. The molecule has 1 heterocycles. The topological polar surface area (TPSA) is 42.0 Å². The zero-order chi connectivity index (χ0) is 10.3. The standard InChI is InChI=1S/C11H14N2OS/c14-10(8-3-4-8)13-9(7-1-2-7)11-12-5-6-15-11/h5-9H,1-4H2,(H,13,14)/t9-/m1/s1. The van der Waals surface area contributed by atoms with Crippen LogP contribution in [-0.4, -0.2) is 10.9 Å². The van der Waals surface area contributed by atoms with E-state index in [0.29, 0.717) is 11.8 Å². The summed E-state index contributed by atoms with van der Waals surface area (Å²) in [5.41, 5.74) is 0. The highest BCUT2D eigenvalue weighted by Gasteiger charge is 2.38. The van der Waals surface area contributed by atoms with Gasteiger partial charge in [0.05, 0.1) is 6.04 Å². The van der Waals surface area contributed by atoms with Gasteiger partial charge >= 0.3 is 0 Å². The van der Waals surface area contributed by atoms with Crippen LogP contribution < -0.4 is 5.32 Å². The van der Waals surface area contributed by atoms with Crippen molar-refractivity contribution in [3.05, 3.63) is 16.6 Å². The van der Waals surface area contributed by atoms with Gasteiger partial charge in [-0.15, -0.1) is 11.3 Å². The van der Waals surface area contributed by atoms with Gasteiger partial charge in [-0.05, 0) is 31.6 Å². The summed E-state index contributed by atoms with van der Waals surface area (Å²) in [6.07, 6.45) is 6.42. The Bertz CT molecular complexity index is 355. The largest absolute Gasteiger partial charge is 0.346 e. The van der Waals surface area contributed by atoms with Gasteiger partial charge in [-0.3, -0.25) is 4.79 Å². The van der Waals surface area contributed by atoms with Crippen molar-refractivity contribution in [2.45, 2.75) is 31.7 Å². The van der Waals surface area contributed by atoms with Crippen LogP contribution in [0.3, 0.4) is 0 Å². The van der Waals surface area contributed by atoms with Gasteiger partial charge in [-0.1, -0.05) is 0 Å². The van der Waals surface area contributed by atoms with Gasteiger partial charge in [-0.2, -0.15) is 0 Å². The molecule has 80 valence electrons. The van der Waals surface area contributed by atoms with Gasteiger partial charge in [0, 0.05) is 17.5 Å². The molecule has 2 aliphatic carbocycles. The fraction of sp³-hybridized carbons (Fsp3) is 0.636. The van der Waals surface area contributed by atoms with Crippen molar-refractivity contribution in [1.29, 1.82) is 0 Å². The van der Waals surface area contributed by atoms with Crippen molar-refractivity contribution >= 4 is 17.2 Å². The highest BCUT2D eigenvalue weighted by atomic mass is 32.1. The van der Waals surface area contributed by atoms with Crippen molar-refractivity contribution in [3.63, 3.8) is 0 Å². The summed E-state index contributed by atoms with van der Waals surface area (Å²) in [4.78, 5) is 16.0. The van der Waals surface area contributed by atoms with Crippen molar-refractivity contribution in [1.82, 2.24) is 10.3 Å². The molecule has 0 unspecified atom stereocenters. The molecule has 4 heteroatoms. The summed E-state index contributed by atoms with van der Waals surface area (Å²) in [6, 6.07) is 0.193. The molecule has 1 atom stereocenters. The first-order chi connectivity index (χ1) is 7.34. The minimum Gasteiger partial charge on any atom is -0.346 e. The minimum atomic E-state index is 0.193. The Morgan fingerprint density at radius 3 is 2.80 bits per heavy atom. The Balaban J connectivity index is 1.70. The Labute approximate surface area is 92.9 Å². The molecule has 0 saturated heterocycles. The highest BCUT2D eigenvalue weighted by molar-refractivity contribution is 7.09. The first-order valence-electron chi connectivity index (χ1n) is 5.54. The molecule has 2 saturated carbocycles. The zero-order valence-electron chi connectivity index (χ0n) is 8.48. The van der Waals surface area contributed by atoms with Crippen LogP contribution in [0.4, 0.5) is 0 Å². The monoisotopic (exact) mass is 222 g/mol. The number of amides is 1. The van der Waals surface area contributed by atoms with Gasteiger partial charge < -0.3 is 5.32 Å². The first-order valence-corrected chi connectivity index (χ1v) is 6.42. The van der Waals surface area contributed by atoms with E-state index in [4.69, 9.17) is 0 Å². The first kappa shape index (κ1) is 9.33. The van der Waals surface area contributed by atoms with E-state index in [0.717, 1.165) is 17.8 Å². The third kappa shape index (κ3) is 2.04. The van der Waals surface area contributed by atoms with E-state index in [1.165, 1.54) is 12.8 Å². The molecule has 1 amide bonds. The number of hydrogen-bond donors (Lipinski definition) is 1. The molecule has 1 N–H and O–H groups in total. The van der Waals surface area contributed by atoms with E-state index in [-0.39, 0.29) is 11.9 Å². The maximum Gasteiger partial charge on any atom is 0.223 e. The summed E-state index contributed by atoms with van der Waals surface area (Å²) >= 11 is 1.65. The number of carbonyl (C=O) groups is 1. The smallest absolute Gasteiger partial charge is 0.223 e. The molecule has 0 aliphatic heterocycles. The van der Waals surface area contributed by atoms with Gasteiger partial charge in [0.2, 0.25) is 5.91 Å². The SMILES string of the molecule is O=C(N[C@@H](c1nccs1)C1CC1)C1CC1. The lowest BCUT2D eigenvalue weighted by Gasteiger charge is -2.15. The van der Waals surface area contributed by atoms with Crippen LogP contribution in [0.1, 0.15) is 36.7 Å². The van der Waals surface area contributed by atoms with Crippen LogP contribution in [0, 0.1) is 11.8 Å². The molecule has 1 aromatic rings. The van der Waals surface area contributed by atoms with Crippen LogP contribution in [0.5, 0.6) is 0 Å². The van der Waals surface area contributed by atoms with Gasteiger partial charge in [0.1, 0.15) is 5.01 Å². The molecule has 3 rings (SSSR count). The van der Waals surface area contributed by atoms with Gasteiger partial charge in [-0.25, -0.2) is 4.98 Å². The van der Waals surface area contributed by atoms with Crippen molar-refractivity contribution < 1.29 is 4.79 Å². The molecule has 15 heavy (non-hydrogen) atoms. The third-order valence-corrected chi connectivity index (χ3v) is 3.92. The summed E-state index contributed by atoms with van der Waals surface area (Å²) in [5, 5.41) is 6.21. The summed E-state index contributed by atoms with van der Waals surface area (Å²) in [7, 11) is 0. The molecule has 0 aromatic carbocycles. The number of aromatic nitrogens is 1. The summed E-state index contributed by atoms with van der Waals surface area (Å²) in [6.45, 7) is 0. The van der Waals surface area contributed by atoms with E-state index >= 15 is 0 Å². The quantitative estimate of drug-likeness (QED) is 0.848. The fourth-order valence-corrected chi connectivity index (χ4v) is 2.60. The van der Waals surface area contributed by atoms with Crippen LogP contribution in [-0.2, 0) is 4.79 Å². The van der Waals surface area contributed by atoms with Gasteiger partial charge in [0.25, 0.3) is 0 Å². The number of rotatable bonds is 4. The van der Waals surface area contributed by atoms with E-state index in [2.05, 4.69) is 10.3 Å². The molecule has 1 aromatic heterocycles. The number of nitrogens with one attached hydrogen (secondary N) is 1. The number of hydrogen-bond acceptors (Lipinski definition) is 3. The van der Waals surface area contributed by atoms with Crippen LogP contribution in [0.25, 0.3) is 0 Å². The minimum absolute atomic E-state index is 0.193. The molecular formula is C11H14N2OS. The second-order valence-corrected chi connectivity index (χ2v) is 5.39. The number of carbonyl (C=O) groups excluding carboxylic acids is 1. The normalized spacial score (nSPS) is 22.4. The second kappa shape index (κ2) is 3.59. The van der Waals surface area contributed by atoms with Crippen LogP contribution in [0.2, 0.25) is 0 Å². The van der Waals surface area contributed by atoms with E-state index < -0.39 is 0 Å². The Hall–Kier alpha value is -0.900. The maximum absolute atomic E-state index is 11.7.